The Labute approximate surface area is 146 Å². The molecule has 3 N–H and O–H groups in total. The molecule has 3 rings (SSSR count). The summed E-state index contributed by atoms with van der Waals surface area (Å²) in [6.07, 6.45) is 1.83. The molecule has 0 aliphatic heterocycles. The summed E-state index contributed by atoms with van der Waals surface area (Å²) in [5.74, 6) is 0.840. The van der Waals surface area contributed by atoms with Crippen molar-refractivity contribution in [1.82, 2.24) is 10.6 Å². The Morgan fingerprint density at radius 2 is 2.08 bits per heavy atom. The van der Waals surface area contributed by atoms with Crippen LogP contribution in [0.25, 0.3) is 0 Å². The Balaban J connectivity index is 1.52. The van der Waals surface area contributed by atoms with Gasteiger partial charge in [-0.2, -0.15) is 0 Å². The molecular formula is C19H23FN2O3. The highest BCUT2D eigenvalue weighted by molar-refractivity contribution is 5.74. The molecule has 1 saturated carbocycles. The topological polar surface area (TPSA) is 74.5 Å². The Morgan fingerprint density at radius 3 is 2.68 bits per heavy atom. The van der Waals surface area contributed by atoms with Crippen LogP contribution >= 0.6 is 0 Å². The van der Waals surface area contributed by atoms with Crippen LogP contribution in [0, 0.1) is 12.7 Å². The van der Waals surface area contributed by atoms with E-state index in [1.165, 1.54) is 12.1 Å². The summed E-state index contributed by atoms with van der Waals surface area (Å²) >= 11 is 0. The summed E-state index contributed by atoms with van der Waals surface area (Å²) in [7, 11) is 0. The van der Waals surface area contributed by atoms with Crippen LogP contribution in [0.5, 0.6) is 0 Å². The number of nitrogens with one attached hydrogen (secondary N) is 2. The van der Waals surface area contributed by atoms with Crippen molar-refractivity contribution in [2.45, 2.75) is 37.7 Å². The molecule has 1 heterocycles. The van der Waals surface area contributed by atoms with Crippen molar-refractivity contribution in [3.05, 3.63) is 59.3 Å². The van der Waals surface area contributed by atoms with Gasteiger partial charge in [0.15, 0.2) is 0 Å². The first kappa shape index (κ1) is 17.5. The number of aliphatic hydroxyl groups is 1. The summed E-state index contributed by atoms with van der Waals surface area (Å²) in [6, 6.07) is 9.60. The minimum absolute atomic E-state index is 0.0265. The van der Waals surface area contributed by atoms with E-state index in [0.717, 1.165) is 18.4 Å². The summed E-state index contributed by atoms with van der Waals surface area (Å²) in [4.78, 5) is 12.1. The summed E-state index contributed by atoms with van der Waals surface area (Å²) in [5.41, 5.74) is -0.559. The number of rotatable bonds is 6. The number of aryl methyl sites for hydroxylation is 1. The van der Waals surface area contributed by atoms with Gasteiger partial charge in [-0.25, -0.2) is 9.18 Å². The molecule has 1 aliphatic rings. The average Bonchev–Trinajstić information content (AvgIpc) is 3.24. The molecule has 6 heteroatoms. The molecular weight excluding hydrogens is 323 g/mol. The molecule has 134 valence electrons. The molecule has 1 aliphatic carbocycles. The molecule has 5 nitrogen and oxygen atoms in total. The van der Waals surface area contributed by atoms with E-state index < -0.39 is 5.60 Å². The molecule has 1 unspecified atom stereocenters. The zero-order valence-electron chi connectivity index (χ0n) is 14.4. The zero-order valence-corrected chi connectivity index (χ0v) is 14.4. The second-order valence-electron chi connectivity index (χ2n) is 7.01. The fraction of sp³-hybridized carbons (Fsp3) is 0.421. The maximum atomic E-state index is 13.4. The lowest BCUT2D eigenvalue weighted by Crippen LogP contribution is -2.45. The predicted molar refractivity (Wildman–Crippen MR) is 91.7 cm³/mol. The lowest BCUT2D eigenvalue weighted by molar-refractivity contribution is 0.0359. The van der Waals surface area contributed by atoms with Crippen molar-refractivity contribution < 1.29 is 18.7 Å². The van der Waals surface area contributed by atoms with E-state index in [1.54, 1.807) is 32.0 Å². The van der Waals surface area contributed by atoms with Crippen LogP contribution < -0.4 is 10.6 Å². The molecule has 2 amide bonds. The molecule has 25 heavy (non-hydrogen) atoms. The standard InChI is InChI=1S/C19H23FN2O3/c1-13-6-7-16(25-13)18(2,24)11-21-17(23)22-12-19(8-9-19)14-4-3-5-15(20)10-14/h3-7,10,24H,8-9,11-12H2,1-2H3,(H2,21,22,23). The normalized spacial score (nSPS) is 17.6. The third-order valence-electron chi connectivity index (χ3n) is 4.74. The fourth-order valence-electron chi connectivity index (χ4n) is 2.91. The highest BCUT2D eigenvalue weighted by atomic mass is 19.1. The van der Waals surface area contributed by atoms with Gasteiger partial charge in [0, 0.05) is 12.0 Å². The van der Waals surface area contributed by atoms with E-state index in [4.69, 9.17) is 4.42 Å². The highest BCUT2D eigenvalue weighted by Crippen LogP contribution is 2.47. The van der Waals surface area contributed by atoms with Crippen LogP contribution in [0.3, 0.4) is 0 Å². The third-order valence-corrected chi connectivity index (χ3v) is 4.74. The molecule has 1 fully saturated rings. The van der Waals surface area contributed by atoms with Gasteiger partial charge in [-0.15, -0.1) is 0 Å². The maximum absolute atomic E-state index is 13.4. The molecule has 1 aromatic heterocycles. The van der Waals surface area contributed by atoms with E-state index in [2.05, 4.69) is 10.6 Å². The quantitative estimate of drug-likeness (QED) is 0.753. The average molecular weight is 346 g/mol. The van der Waals surface area contributed by atoms with Crippen molar-refractivity contribution in [1.29, 1.82) is 0 Å². The van der Waals surface area contributed by atoms with Gasteiger partial charge in [0.25, 0.3) is 0 Å². The number of urea groups is 1. The number of benzene rings is 1. The number of hydrogen-bond donors (Lipinski definition) is 3. The molecule has 0 saturated heterocycles. The molecule has 1 aromatic carbocycles. The Morgan fingerprint density at radius 1 is 1.32 bits per heavy atom. The SMILES string of the molecule is Cc1ccc(C(C)(O)CNC(=O)NCC2(c3cccc(F)c3)CC2)o1. The summed E-state index contributed by atoms with van der Waals surface area (Å²) in [5, 5.41) is 15.9. The van der Waals surface area contributed by atoms with E-state index in [-0.39, 0.29) is 23.8 Å². The molecule has 0 bridgehead atoms. The fourth-order valence-corrected chi connectivity index (χ4v) is 2.91. The third kappa shape index (κ3) is 4.02. The first-order valence-corrected chi connectivity index (χ1v) is 8.38. The maximum Gasteiger partial charge on any atom is 0.314 e. The number of carbonyl (C=O) groups is 1. The number of amides is 2. The highest BCUT2D eigenvalue weighted by Gasteiger charge is 2.44. The van der Waals surface area contributed by atoms with Crippen LogP contribution in [0.2, 0.25) is 0 Å². The molecule has 2 aromatic rings. The van der Waals surface area contributed by atoms with Gasteiger partial charge >= 0.3 is 6.03 Å². The Hall–Kier alpha value is -2.34. The van der Waals surface area contributed by atoms with Crippen LogP contribution in [0.1, 0.15) is 36.8 Å². The smallest absolute Gasteiger partial charge is 0.314 e. The molecule has 0 spiro atoms. The molecule has 0 radical (unpaired) electrons. The zero-order chi connectivity index (χ0) is 18.1. The van der Waals surface area contributed by atoms with Gasteiger partial charge in [0.1, 0.15) is 22.9 Å². The minimum Gasteiger partial charge on any atom is -0.463 e. The number of furan rings is 1. The van der Waals surface area contributed by atoms with Crippen LogP contribution in [-0.2, 0) is 11.0 Å². The van der Waals surface area contributed by atoms with Gasteiger partial charge in [-0.05, 0) is 56.5 Å². The van der Waals surface area contributed by atoms with E-state index in [0.29, 0.717) is 18.1 Å². The van der Waals surface area contributed by atoms with Crippen LogP contribution in [0.4, 0.5) is 9.18 Å². The monoisotopic (exact) mass is 346 g/mol. The number of halogens is 1. The van der Waals surface area contributed by atoms with E-state index in [9.17, 15) is 14.3 Å². The van der Waals surface area contributed by atoms with E-state index in [1.807, 2.05) is 6.07 Å². The second kappa shape index (κ2) is 6.52. The van der Waals surface area contributed by atoms with Gasteiger partial charge in [-0.1, -0.05) is 12.1 Å². The number of hydrogen-bond acceptors (Lipinski definition) is 3. The summed E-state index contributed by atoms with van der Waals surface area (Å²) in [6.45, 7) is 3.84. The van der Waals surface area contributed by atoms with Crippen LogP contribution in [-0.4, -0.2) is 24.2 Å². The predicted octanol–water partition coefficient (Wildman–Crippen LogP) is 2.97. The van der Waals surface area contributed by atoms with Gasteiger partial charge in [0.2, 0.25) is 0 Å². The first-order valence-electron chi connectivity index (χ1n) is 8.38. The number of carbonyl (C=O) groups excluding carboxylic acids is 1. The van der Waals surface area contributed by atoms with Gasteiger partial charge < -0.3 is 20.2 Å². The largest absolute Gasteiger partial charge is 0.463 e. The second-order valence-corrected chi connectivity index (χ2v) is 7.01. The van der Waals surface area contributed by atoms with E-state index >= 15 is 0 Å². The van der Waals surface area contributed by atoms with Crippen molar-refractivity contribution in [2.75, 3.05) is 13.1 Å². The Bertz CT molecular complexity index is 766. The molecule has 1 atom stereocenters. The van der Waals surface area contributed by atoms with Gasteiger partial charge in [0.05, 0.1) is 6.54 Å². The lowest BCUT2D eigenvalue weighted by Gasteiger charge is -2.22. The van der Waals surface area contributed by atoms with Gasteiger partial charge in [-0.3, -0.25) is 0 Å². The van der Waals surface area contributed by atoms with Crippen molar-refractivity contribution in [3.63, 3.8) is 0 Å². The van der Waals surface area contributed by atoms with Crippen molar-refractivity contribution in [3.8, 4) is 0 Å². The first-order chi connectivity index (χ1) is 11.8. The minimum atomic E-state index is -1.29. The van der Waals surface area contributed by atoms with Crippen LogP contribution in [0.15, 0.2) is 40.8 Å². The lowest BCUT2D eigenvalue weighted by atomic mass is 9.96. The Kier molecular flexibility index (Phi) is 4.56. The van der Waals surface area contributed by atoms with Crippen molar-refractivity contribution >= 4 is 6.03 Å². The van der Waals surface area contributed by atoms with Crippen molar-refractivity contribution in [2.24, 2.45) is 0 Å². The summed E-state index contributed by atoms with van der Waals surface area (Å²) < 4.78 is 18.8.